The Hall–Kier alpha value is -1.33. The van der Waals surface area contributed by atoms with E-state index >= 15 is 0 Å². The van der Waals surface area contributed by atoms with Crippen LogP contribution in [0.4, 0.5) is 5.69 Å². The van der Waals surface area contributed by atoms with Crippen LogP contribution in [0.1, 0.15) is 24.2 Å². The van der Waals surface area contributed by atoms with Crippen LogP contribution in [0.5, 0.6) is 0 Å². The lowest BCUT2D eigenvalue weighted by atomic mass is 10.1. The molecule has 1 aromatic heterocycles. The van der Waals surface area contributed by atoms with E-state index in [1.54, 1.807) is 19.1 Å². The number of aromatic nitrogens is 1. The molecule has 0 saturated heterocycles. The van der Waals surface area contributed by atoms with Gasteiger partial charge < -0.3 is 10.1 Å². The summed E-state index contributed by atoms with van der Waals surface area (Å²) in [7, 11) is 0. The maximum absolute atomic E-state index is 12.0. The van der Waals surface area contributed by atoms with E-state index in [0.29, 0.717) is 29.4 Å². The van der Waals surface area contributed by atoms with Crippen LogP contribution >= 0.6 is 27.5 Å². The minimum Gasteiger partial charge on any atom is -0.462 e. The highest BCUT2D eigenvalue weighted by Crippen LogP contribution is 2.33. The van der Waals surface area contributed by atoms with E-state index in [2.05, 4.69) is 26.2 Å². The average Bonchev–Trinajstić information content (AvgIpc) is 2.39. The van der Waals surface area contributed by atoms with Crippen molar-refractivity contribution in [3.05, 3.63) is 33.4 Å². The predicted molar refractivity (Wildman–Crippen MR) is 84.6 cm³/mol. The maximum atomic E-state index is 12.0. The van der Waals surface area contributed by atoms with Crippen LogP contribution in [-0.2, 0) is 4.74 Å². The number of carbonyl (C=O) groups is 1. The molecule has 6 heteroatoms. The monoisotopic (exact) mass is 356 g/mol. The van der Waals surface area contributed by atoms with Gasteiger partial charge in [-0.05, 0) is 41.9 Å². The first-order valence-electron chi connectivity index (χ1n) is 6.27. The Labute approximate surface area is 130 Å². The lowest BCUT2D eigenvalue weighted by molar-refractivity contribution is 0.0527. The first-order valence-corrected chi connectivity index (χ1v) is 7.44. The summed E-state index contributed by atoms with van der Waals surface area (Å²) in [6.45, 7) is 4.73. The van der Waals surface area contributed by atoms with Gasteiger partial charge in [-0.1, -0.05) is 11.6 Å². The molecule has 0 aliphatic heterocycles. The van der Waals surface area contributed by atoms with Gasteiger partial charge in [0.2, 0.25) is 0 Å². The fourth-order valence-corrected chi connectivity index (χ4v) is 2.87. The molecule has 2 rings (SSSR count). The fraction of sp³-hybridized carbons (Fsp3) is 0.286. The number of nitrogens with one attached hydrogen (secondary N) is 1. The van der Waals surface area contributed by atoms with Gasteiger partial charge in [0.1, 0.15) is 5.56 Å². The SMILES string of the molecule is CCNc1c(C(=O)OCC)cnc2c(Br)cc(Cl)cc12. The topological polar surface area (TPSA) is 51.2 Å². The molecule has 2 aromatic rings. The largest absolute Gasteiger partial charge is 0.462 e. The zero-order valence-corrected chi connectivity index (χ0v) is 13.5. The molecule has 0 aliphatic rings. The normalized spacial score (nSPS) is 10.6. The average molecular weight is 358 g/mol. The zero-order valence-electron chi connectivity index (χ0n) is 11.2. The Morgan fingerprint density at radius 1 is 1.45 bits per heavy atom. The molecule has 0 spiro atoms. The summed E-state index contributed by atoms with van der Waals surface area (Å²) in [5.41, 5.74) is 1.85. The Kier molecular flexibility index (Phi) is 4.83. The molecule has 0 radical (unpaired) electrons. The van der Waals surface area contributed by atoms with Crippen molar-refractivity contribution in [2.45, 2.75) is 13.8 Å². The second kappa shape index (κ2) is 6.41. The molecule has 0 atom stereocenters. The lowest BCUT2D eigenvalue weighted by Gasteiger charge is -2.13. The summed E-state index contributed by atoms with van der Waals surface area (Å²) in [6.07, 6.45) is 1.52. The van der Waals surface area contributed by atoms with Crippen LogP contribution < -0.4 is 5.32 Å². The van der Waals surface area contributed by atoms with Crippen molar-refractivity contribution in [2.24, 2.45) is 0 Å². The van der Waals surface area contributed by atoms with Gasteiger partial charge in [0.15, 0.2) is 0 Å². The number of hydrogen-bond acceptors (Lipinski definition) is 4. The van der Waals surface area contributed by atoms with Crippen molar-refractivity contribution in [1.29, 1.82) is 0 Å². The van der Waals surface area contributed by atoms with Crippen molar-refractivity contribution in [3.8, 4) is 0 Å². The molecule has 106 valence electrons. The molecular weight excluding hydrogens is 344 g/mol. The summed E-state index contributed by atoms with van der Waals surface area (Å²) < 4.78 is 5.85. The molecule has 1 aromatic carbocycles. The number of hydrogen-bond donors (Lipinski definition) is 1. The first kappa shape index (κ1) is 15.1. The van der Waals surface area contributed by atoms with Crippen molar-refractivity contribution in [3.63, 3.8) is 0 Å². The fourth-order valence-electron chi connectivity index (χ4n) is 1.96. The standard InChI is InChI=1S/C14H14BrClN2O2/c1-3-17-12-9-5-8(16)6-11(15)13(9)18-7-10(12)14(19)20-4-2/h5-7H,3-4H2,1-2H3,(H,17,18). The molecule has 0 bridgehead atoms. The van der Waals surface area contributed by atoms with Gasteiger partial charge in [-0.2, -0.15) is 0 Å². The van der Waals surface area contributed by atoms with Crippen molar-refractivity contribution >= 4 is 50.1 Å². The van der Waals surface area contributed by atoms with Crippen molar-refractivity contribution < 1.29 is 9.53 Å². The third kappa shape index (κ3) is 2.88. The molecule has 0 aliphatic carbocycles. The van der Waals surface area contributed by atoms with Gasteiger partial charge in [-0.15, -0.1) is 0 Å². The molecule has 4 nitrogen and oxygen atoms in total. The lowest BCUT2D eigenvalue weighted by Crippen LogP contribution is -2.11. The number of nitrogens with zero attached hydrogens (tertiary/aromatic N) is 1. The van der Waals surface area contributed by atoms with Crippen LogP contribution in [-0.4, -0.2) is 24.1 Å². The van der Waals surface area contributed by atoms with Gasteiger partial charge in [-0.25, -0.2) is 4.79 Å². The number of pyridine rings is 1. The van der Waals surface area contributed by atoms with Gasteiger partial charge in [0.25, 0.3) is 0 Å². The van der Waals surface area contributed by atoms with Crippen molar-refractivity contribution in [1.82, 2.24) is 4.98 Å². The van der Waals surface area contributed by atoms with E-state index in [1.165, 1.54) is 6.20 Å². The number of anilines is 1. The molecule has 20 heavy (non-hydrogen) atoms. The zero-order chi connectivity index (χ0) is 14.7. The number of fused-ring (bicyclic) bond motifs is 1. The van der Waals surface area contributed by atoms with Crippen LogP contribution in [0.25, 0.3) is 10.9 Å². The second-order valence-corrected chi connectivity index (χ2v) is 5.37. The smallest absolute Gasteiger partial charge is 0.341 e. The summed E-state index contributed by atoms with van der Waals surface area (Å²) in [5, 5.41) is 4.56. The van der Waals surface area contributed by atoms with E-state index < -0.39 is 5.97 Å². The highest BCUT2D eigenvalue weighted by atomic mass is 79.9. The number of esters is 1. The van der Waals surface area contributed by atoms with Gasteiger partial charge in [0, 0.05) is 27.6 Å². The highest BCUT2D eigenvalue weighted by Gasteiger charge is 2.17. The first-order chi connectivity index (χ1) is 9.58. The third-order valence-corrected chi connectivity index (χ3v) is 3.56. The number of halogens is 2. The summed E-state index contributed by atoms with van der Waals surface area (Å²) in [5.74, 6) is -0.394. The van der Waals surface area contributed by atoms with Gasteiger partial charge in [0.05, 0.1) is 17.8 Å². The molecule has 0 fully saturated rings. The quantitative estimate of drug-likeness (QED) is 0.831. The number of ether oxygens (including phenoxy) is 1. The van der Waals surface area contributed by atoms with E-state index in [4.69, 9.17) is 16.3 Å². The highest BCUT2D eigenvalue weighted by molar-refractivity contribution is 9.10. The summed E-state index contributed by atoms with van der Waals surface area (Å²) in [4.78, 5) is 16.3. The maximum Gasteiger partial charge on any atom is 0.341 e. The molecule has 0 saturated carbocycles. The molecule has 0 amide bonds. The Balaban J connectivity index is 2.71. The summed E-state index contributed by atoms with van der Waals surface area (Å²) in [6, 6.07) is 3.56. The second-order valence-electron chi connectivity index (χ2n) is 4.08. The van der Waals surface area contributed by atoms with E-state index in [1.807, 2.05) is 6.92 Å². The van der Waals surface area contributed by atoms with Gasteiger partial charge >= 0.3 is 5.97 Å². The number of carbonyl (C=O) groups excluding carboxylic acids is 1. The van der Waals surface area contributed by atoms with Crippen LogP contribution in [0, 0.1) is 0 Å². The Morgan fingerprint density at radius 2 is 2.20 bits per heavy atom. The number of benzene rings is 1. The van der Waals surface area contributed by atoms with E-state index in [0.717, 1.165) is 15.4 Å². The van der Waals surface area contributed by atoms with Crippen LogP contribution in [0.2, 0.25) is 5.02 Å². The number of rotatable bonds is 4. The molecule has 0 unspecified atom stereocenters. The minimum atomic E-state index is -0.394. The minimum absolute atomic E-state index is 0.321. The molecule has 1 N–H and O–H groups in total. The Bertz CT molecular complexity index is 661. The molecular formula is C14H14BrClN2O2. The predicted octanol–water partition coefficient (Wildman–Crippen LogP) is 4.26. The van der Waals surface area contributed by atoms with Crippen LogP contribution in [0.3, 0.4) is 0 Å². The van der Waals surface area contributed by atoms with Crippen molar-refractivity contribution in [2.75, 3.05) is 18.5 Å². The van der Waals surface area contributed by atoms with E-state index in [-0.39, 0.29) is 0 Å². The molecule has 1 heterocycles. The van der Waals surface area contributed by atoms with E-state index in [9.17, 15) is 4.79 Å². The summed E-state index contributed by atoms with van der Waals surface area (Å²) >= 11 is 9.52. The third-order valence-electron chi connectivity index (χ3n) is 2.74. The van der Waals surface area contributed by atoms with Crippen LogP contribution in [0.15, 0.2) is 22.8 Å². The van der Waals surface area contributed by atoms with Gasteiger partial charge in [-0.3, -0.25) is 4.98 Å². The Morgan fingerprint density at radius 3 is 2.85 bits per heavy atom.